The van der Waals surface area contributed by atoms with Crippen molar-refractivity contribution in [2.75, 3.05) is 26.8 Å². The first-order chi connectivity index (χ1) is 9.41. The molecule has 0 bridgehead atoms. The third-order valence-corrected chi connectivity index (χ3v) is 5.53. The van der Waals surface area contributed by atoms with Crippen molar-refractivity contribution in [3.8, 4) is 0 Å². The highest BCUT2D eigenvalue weighted by Gasteiger charge is 2.25. The molecular weight excluding hydrogens is 281 g/mol. The number of halogens is 1. The summed E-state index contributed by atoms with van der Waals surface area (Å²) in [6, 6.07) is 4.03. The van der Waals surface area contributed by atoms with Crippen molar-refractivity contribution in [2.45, 2.75) is 24.7 Å². The van der Waals surface area contributed by atoms with E-state index in [4.69, 9.17) is 4.74 Å². The van der Waals surface area contributed by atoms with E-state index in [9.17, 15) is 12.8 Å². The van der Waals surface area contributed by atoms with E-state index in [2.05, 4.69) is 0 Å². The number of hydrogen-bond acceptors (Lipinski definition) is 3. The molecule has 0 unspecified atom stereocenters. The lowest BCUT2D eigenvalue weighted by Gasteiger charge is -2.26. The molecule has 1 aromatic rings. The fourth-order valence-electron chi connectivity index (χ4n) is 2.30. The first-order valence-corrected chi connectivity index (χ1v) is 8.15. The van der Waals surface area contributed by atoms with Gasteiger partial charge in [-0.15, -0.1) is 0 Å². The van der Waals surface area contributed by atoms with Crippen LogP contribution in [0.5, 0.6) is 0 Å². The van der Waals surface area contributed by atoms with Crippen LogP contribution in [-0.2, 0) is 14.8 Å². The van der Waals surface area contributed by atoms with Gasteiger partial charge in [0, 0.05) is 26.8 Å². The van der Waals surface area contributed by atoms with Gasteiger partial charge in [-0.1, -0.05) is 6.07 Å². The Labute approximate surface area is 119 Å². The molecule has 0 radical (unpaired) electrons. The molecule has 0 aliphatic carbocycles. The van der Waals surface area contributed by atoms with E-state index in [-0.39, 0.29) is 4.90 Å². The maximum absolute atomic E-state index is 13.5. The Kier molecular flexibility index (Phi) is 4.78. The van der Waals surface area contributed by atoms with Crippen LogP contribution in [0.1, 0.15) is 18.4 Å². The highest BCUT2D eigenvalue weighted by molar-refractivity contribution is 7.89. The average Bonchev–Trinajstić information content (AvgIpc) is 2.42. The molecule has 4 nitrogen and oxygen atoms in total. The van der Waals surface area contributed by atoms with E-state index in [1.54, 1.807) is 14.0 Å². The quantitative estimate of drug-likeness (QED) is 0.856. The summed E-state index contributed by atoms with van der Waals surface area (Å²) in [6.45, 7) is 3.41. The van der Waals surface area contributed by atoms with Crippen LogP contribution in [0.15, 0.2) is 23.1 Å². The van der Waals surface area contributed by atoms with Crippen LogP contribution in [0.25, 0.3) is 0 Å². The molecule has 0 spiro atoms. The Morgan fingerprint density at radius 1 is 1.35 bits per heavy atom. The van der Waals surface area contributed by atoms with E-state index in [1.165, 1.54) is 16.4 Å². The molecule has 0 saturated carbocycles. The van der Waals surface area contributed by atoms with Gasteiger partial charge in [-0.3, -0.25) is 0 Å². The molecule has 1 aliphatic heterocycles. The van der Waals surface area contributed by atoms with Crippen LogP contribution in [-0.4, -0.2) is 39.5 Å². The van der Waals surface area contributed by atoms with Crippen molar-refractivity contribution in [1.29, 1.82) is 0 Å². The molecule has 1 aromatic carbocycles. The van der Waals surface area contributed by atoms with Crippen LogP contribution >= 0.6 is 0 Å². The van der Waals surface area contributed by atoms with Crippen molar-refractivity contribution in [2.24, 2.45) is 5.92 Å². The standard InChI is InChI=1S/C14H20FNO3S/c1-11-3-4-13(9-14(11)15)20(17,18)16(2)10-12-5-7-19-8-6-12/h3-4,9,12H,5-8,10H2,1-2H3. The molecule has 2 rings (SSSR count). The first kappa shape index (κ1) is 15.4. The number of aryl methyl sites for hydroxylation is 1. The molecule has 1 aliphatic rings. The van der Waals surface area contributed by atoms with Gasteiger partial charge >= 0.3 is 0 Å². The summed E-state index contributed by atoms with van der Waals surface area (Å²) in [6.07, 6.45) is 1.73. The van der Waals surface area contributed by atoms with Crippen molar-refractivity contribution in [1.82, 2.24) is 4.31 Å². The lowest BCUT2D eigenvalue weighted by Crippen LogP contribution is -2.34. The third kappa shape index (κ3) is 3.37. The van der Waals surface area contributed by atoms with Gasteiger partial charge in [0.1, 0.15) is 5.82 Å². The highest BCUT2D eigenvalue weighted by Crippen LogP contribution is 2.21. The van der Waals surface area contributed by atoms with Crippen molar-refractivity contribution in [3.63, 3.8) is 0 Å². The average molecular weight is 301 g/mol. The molecule has 20 heavy (non-hydrogen) atoms. The highest BCUT2D eigenvalue weighted by atomic mass is 32.2. The van der Waals surface area contributed by atoms with E-state index in [0.717, 1.165) is 18.9 Å². The van der Waals surface area contributed by atoms with Crippen LogP contribution in [0.3, 0.4) is 0 Å². The van der Waals surface area contributed by atoms with Gasteiger partial charge in [-0.2, -0.15) is 0 Å². The normalized spacial score (nSPS) is 17.6. The lowest BCUT2D eigenvalue weighted by molar-refractivity contribution is 0.0620. The van der Waals surface area contributed by atoms with Crippen molar-refractivity contribution < 1.29 is 17.5 Å². The molecule has 6 heteroatoms. The van der Waals surface area contributed by atoms with Gasteiger partial charge < -0.3 is 4.74 Å². The van der Waals surface area contributed by atoms with E-state index in [0.29, 0.717) is 31.2 Å². The second-order valence-corrected chi connectivity index (χ2v) is 7.30. The predicted molar refractivity (Wildman–Crippen MR) is 74.5 cm³/mol. The zero-order chi connectivity index (χ0) is 14.8. The summed E-state index contributed by atoms with van der Waals surface area (Å²) in [7, 11) is -2.08. The number of nitrogens with zero attached hydrogens (tertiary/aromatic N) is 1. The second kappa shape index (κ2) is 6.20. The molecule has 0 atom stereocenters. The lowest BCUT2D eigenvalue weighted by atomic mass is 10.0. The smallest absolute Gasteiger partial charge is 0.242 e. The van der Waals surface area contributed by atoms with Crippen LogP contribution in [0.4, 0.5) is 4.39 Å². The maximum Gasteiger partial charge on any atom is 0.242 e. The van der Waals surface area contributed by atoms with Gasteiger partial charge in [-0.05, 0) is 43.4 Å². The zero-order valence-electron chi connectivity index (χ0n) is 11.8. The molecule has 1 saturated heterocycles. The Hall–Kier alpha value is -0.980. The molecule has 1 heterocycles. The number of hydrogen-bond donors (Lipinski definition) is 0. The molecule has 1 fully saturated rings. The Morgan fingerprint density at radius 3 is 2.60 bits per heavy atom. The minimum atomic E-state index is -3.63. The Bertz CT molecular complexity index is 568. The van der Waals surface area contributed by atoms with Crippen molar-refractivity contribution >= 4 is 10.0 Å². The Morgan fingerprint density at radius 2 is 2.00 bits per heavy atom. The van der Waals surface area contributed by atoms with Gasteiger partial charge in [0.05, 0.1) is 4.90 Å². The van der Waals surface area contributed by atoms with E-state index in [1.807, 2.05) is 0 Å². The number of sulfonamides is 1. The van der Waals surface area contributed by atoms with Crippen LogP contribution in [0, 0.1) is 18.7 Å². The minimum absolute atomic E-state index is 0.00941. The molecule has 0 amide bonds. The summed E-state index contributed by atoms with van der Waals surface area (Å²) in [4.78, 5) is 0.00941. The van der Waals surface area contributed by atoms with Crippen LogP contribution < -0.4 is 0 Å². The summed E-state index contributed by atoms with van der Waals surface area (Å²) in [5.41, 5.74) is 0.441. The summed E-state index contributed by atoms with van der Waals surface area (Å²) < 4.78 is 44.9. The zero-order valence-corrected chi connectivity index (χ0v) is 12.6. The second-order valence-electron chi connectivity index (χ2n) is 5.25. The molecule has 0 N–H and O–H groups in total. The molecule has 112 valence electrons. The summed E-state index contributed by atoms with van der Waals surface area (Å²) >= 11 is 0. The third-order valence-electron chi connectivity index (χ3n) is 3.71. The van der Waals surface area contributed by atoms with Crippen molar-refractivity contribution in [3.05, 3.63) is 29.6 Å². The SMILES string of the molecule is Cc1ccc(S(=O)(=O)N(C)CC2CCOCC2)cc1F. The molecular formula is C14H20FNO3S. The van der Waals surface area contributed by atoms with Gasteiger partial charge in [0.2, 0.25) is 10.0 Å². The van der Waals surface area contributed by atoms with Gasteiger partial charge in [0.25, 0.3) is 0 Å². The molecule has 0 aromatic heterocycles. The number of rotatable bonds is 4. The van der Waals surface area contributed by atoms with E-state index < -0.39 is 15.8 Å². The van der Waals surface area contributed by atoms with Crippen LogP contribution in [0.2, 0.25) is 0 Å². The Balaban J connectivity index is 2.13. The fourth-order valence-corrected chi connectivity index (χ4v) is 3.56. The fraction of sp³-hybridized carbons (Fsp3) is 0.571. The largest absolute Gasteiger partial charge is 0.381 e. The monoisotopic (exact) mass is 301 g/mol. The summed E-state index contributed by atoms with van der Waals surface area (Å²) in [5.74, 6) is -0.190. The number of ether oxygens (including phenoxy) is 1. The number of benzene rings is 1. The van der Waals surface area contributed by atoms with Gasteiger partial charge in [-0.25, -0.2) is 17.1 Å². The summed E-state index contributed by atoms with van der Waals surface area (Å²) in [5, 5.41) is 0. The topological polar surface area (TPSA) is 46.6 Å². The first-order valence-electron chi connectivity index (χ1n) is 6.71. The predicted octanol–water partition coefficient (Wildman–Crippen LogP) is 2.18. The van der Waals surface area contributed by atoms with E-state index >= 15 is 0 Å². The maximum atomic E-state index is 13.5. The minimum Gasteiger partial charge on any atom is -0.381 e. The van der Waals surface area contributed by atoms with Gasteiger partial charge in [0.15, 0.2) is 0 Å².